The number of nitrogens with zero attached hydrogens (tertiary/aromatic N) is 1. The van der Waals surface area contributed by atoms with Gasteiger partial charge in [0.05, 0.1) is 5.41 Å². The van der Waals surface area contributed by atoms with E-state index in [1.807, 2.05) is 19.2 Å². The Morgan fingerprint density at radius 3 is 3.24 bits per heavy atom. The van der Waals surface area contributed by atoms with Crippen molar-refractivity contribution in [2.24, 2.45) is 5.41 Å². The van der Waals surface area contributed by atoms with Gasteiger partial charge in [-0.2, -0.15) is 0 Å². The molecule has 0 radical (unpaired) electrons. The molecule has 3 rings (SSSR count). The molecule has 0 bridgehead atoms. The molecule has 2 atom stereocenters. The maximum Gasteiger partial charge on any atom is 0.227 e. The third kappa shape index (κ3) is 2.82. The maximum absolute atomic E-state index is 12.7. The third-order valence-electron chi connectivity index (χ3n) is 5.24. The summed E-state index contributed by atoms with van der Waals surface area (Å²) < 4.78 is 0. The highest BCUT2D eigenvalue weighted by molar-refractivity contribution is 5.84. The van der Waals surface area contributed by atoms with Crippen LogP contribution in [0.5, 0.6) is 0 Å². The number of amides is 1. The Morgan fingerprint density at radius 2 is 2.38 bits per heavy atom. The first-order chi connectivity index (χ1) is 10.2. The summed E-state index contributed by atoms with van der Waals surface area (Å²) in [5.41, 5.74) is 2.14. The minimum absolute atomic E-state index is 0.137. The third-order valence-corrected chi connectivity index (χ3v) is 5.24. The number of carbonyl (C=O) groups is 1. The summed E-state index contributed by atoms with van der Waals surface area (Å²) in [7, 11) is 0. The van der Waals surface area contributed by atoms with E-state index in [1.165, 1.54) is 18.4 Å². The Bertz CT molecular complexity index is 517. The molecule has 2 N–H and O–H groups in total. The second kappa shape index (κ2) is 6.14. The lowest BCUT2D eigenvalue weighted by Gasteiger charge is -2.37. The van der Waals surface area contributed by atoms with Gasteiger partial charge in [0, 0.05) is 24.5 Å². The first kappa shape index (κ1) is 14.5. The smallest absolute Gasteiger partial charge is 0.227 e. The quantitative estimate of drug-likeness (QED) is 0.890. The lowest BCUT2D eigenvalue weighted by Crippen LogP contribution is -2.50. The van der Waals surface area contributed by atoms with E-state index >= 15 is 0 Å². The van der Waals surface area contributed by atoms with Crippen molar-refractivity contribution in [1.82, 2.24) is 15.6 Å². The molecule has 4 nitrogen and oxygen atoms in total. The number of hydrogen-bond donors (Lipinski definition) is 2. The van der Waals surface area contributed by atoms with Gasteiger partial charge in [0.25, 0.3) is 0 Å². The van der Waals surface area contributed by atoms with Gasteiger partial charge in [0.1, 0.15) is 0 Å². The van der Waals surface area contributed by atoms with Crippen molar-refractivity contribution < 1.29 is 4.79 Å². The molecule has 2 heterocycles. The summed E-state index contributed by atoms with van der Waals surface area (Å²) in [4.78, 5) is 17.0. The monoisotopic (exact) mass is 287 g/mol. The summed E-state index contributed by atoms with van der Waals surface area (Å²) in [6, 6.07) is 4.44. The Morgan fingerprint density at radius 1 is 1.48 bits per heavy atom. The van der Waals surface area contributed by atoms with E-state index in [2.05, 4.69) is 21.7 Å². The molecule has 1 aliphatic carbocycles. The van der Waals surface area contributed by atoms with Crippen molar-refractivity contribution in [3.05, 3.63) is 29.6 Å². The van der Waals surface area contributed by atoms with Crippen LogP contribution in [0.4, 0.5) is 0 Å². The Balaban J connectivity index is 1.58. The van der Waals surface area contributed by atoms with Crippen LogP contribution < -0.4 is 10.6 Å². The number of hydrogen-bond acceptors (Lipinski definition) is 3. The van der Waals surface area contributed by atoms with Gasteiger partial charge in [0.2, 0.25) is 5.91 Å². The standard InChI is InChI=1S/C17H25N3O/c1-13-14(5-4-10-18-13)7-11-20-16(21)17-8-3-2-6-15(17)19-12-9-17/h4-5,10,15,19H,2-3,6-9,11-12H2,1H3,(H,20,21)/t15-,17+/m0/s1. The zero-order chi connectivity index (χ0) is 14.7. The van der Waals surface area contributed by atoms with Gasteiger partial charge in [-0.3, -0.25) is 9.78 Å². The number of rotatable bonds is 4. The zero-order valence-corrected chi connectivity index (χ0v) is 12.8. The highest BCUT2D eigenvalue weighted by Crippen LogP contribution is 2.42. The number of pyridine rings is 1. The topological polar surface area (TPSA) is 54.0 Å². The lowest BCUT2D eigenvalue weighted by molar-refractivity contribution is -0.133. The van der Waals surface area contributed by atoms with E-state index in [1.54, 1.807) is 0 Å². The number of fused-ring (bicyclic) bond motifs is 1. The van der Waals surface area contributed by atoms with Gasteiger partial charge in [-0.1, -0.05) is 18.9 Å². The molecule has 4 heteroatoms. The predicted molar refractivity (Wildman–Crippen MR) is 83.0 cm³/mol. The van der Waals surface area contributed by atoms with E-state index in [0.717, 1.165) is 37.9 Å². The molecular formula is C17H25N3O. The molecule has 1 saturated carbocycles. The minimum atomic E-state index is -0.137. The molecule has 1 saturated heterocycles. The minimum Gasteiger partial charge on any atom is -0.355 e. The van der Waals surface area contributed by atoms with Gasteiger partial charge < -0.3 is 10.6 Å². The van der Waals surface area contributed by atoms with Crippen molar-refractivity contribution in [2.45, 2.75) is 51.5 Å². The van der Waals surface area contributed by atoms with Crippen LogP contribution in [0.3, 0.4) is 0 Å². The van der Waals surface area contributed by atoms with Gasteiger partial charge in [-0.05, 0) is 50.8 Å². The number of nitrogens with one attached hydrogen (secondary N) is 2. The first-order valence-corrected chi connectivity index (χ1v) is 8.14. The molecule has 114 valence electrons. The molecule has 1 aromatic heterocycles. The molecule has 2 fully saturated rings. The molecular weight excluding hydrogens is 262 g/mol. The number of aryl methyl sites for hydroxylation is 1. The Labute approximate surface area is 126 Å². The van der Waals surface area contributed by atoms with Crippen LogP contribution in [-0.4, -0.2) is 30.0 Å². The van der Waals surface area contributed by atoms with E-state index in [4.69, 9.17) is 0 Å². The number of carbonyl (C=O) groups excluding carboxylic acids is 1. The van der Waals surface area contributed by atoms with Crippen LogP contribution in [0.15, 0.2) is 18.3 Å². The van der Waals surface area contributed by atoms with Crippen molar-refractivity contribution in [3.63, 3.8) is 0 Å². The average molecular weight is 287 g/mol. The molecule has 0 unspecified atom stereocenters. The summed E-state index contributed by atoms with van der Waals surface area (Å²) in [5, 5.41) is 6.71. The van der Waals surface area contributed by atoms with Crippen molar-refractivity contribution >= 4 is 5.91 Å². The molecule has 0 spiro atoms. The van der Waals surface area contributed by atoms with E-state index in [-0.39, 0.29) is 11.3 Å². The van der Waals surface area contributed by atoms with Crippen LogP contribution >= 0.6 is 0 Å². The highest BCUT2D eigenvalue weighted by atomic mass is 16.2. The maximum atomic E-state index is 12.7. The molecule has 21 heavy (non-hydrogen) atoms. The Kier molecular flexibility index (Phi) is 4.24. The largest absolute Gasteiger partial charge is 0.355 e. The average Bonchev–Trinajstić information content (AvgIpc) is 2.94. The van der Waals surface area contributed by atoms with Crippen molar-refractivity contribution in [1.29, 1.82) is 0 Å². The van der Waals surface area contributed by atoms with Gasteiger partial charge in [0.15, 0.2) is 0 Å². The predicted octanol–water partition coefficient (Wildman–Crippen LogP) is 1.97. The highest BCUT2D eigenvalue weighted by Gasteiger charge is 2.49. The van der Waals surface area contributed by atoms with Crippen molar-refractivity contribution in [3.8, 4) is 0 Å². The molecule has 2 aliphatic rings. The fourth-order valence-electron chi connectivity index (χ4n) is 3.96. The fourth-order valence-corrected chi connectivity index (χ4v) is 3.96. The fraction of sp³-hybridized carbons (Fsp3) is 0.647. The van der Waals surface area contributed by atoms with Crippen LogP contribution in [0.2, 0.25) is 0 Å². The molecule has 1 amide bonds. The van der Waals surface area contributed by atoms with Gasteiger partial charge in [-0.25, -0.2) is 0 Å². The van der Waals surface area contributed by atoms with E-state index < -0.39 is 0 Å². The summed E-state index contributed by atoms with van der Waals surface area (Å²) in [6.07, 6.45) is 8.30. The second-order valence-electron chi connectivity index (χ2n) is 6.41. The van der Waals surface area contributed by atoms with Gasteiger partial charge in [-0.15, -0.1) is 0 Å². The van der Waals surface area contributed by atoms with Crippen molar-refractivity contribution in [2.75, 3.05) is 13.1 Å². The van der Waals surface area contributed by atoms with Crippen LogP contribution in [-0.2, 0) is 11.2 Å². The zero-order valence-electron chi connectivity index (χ0n) is 12.8. The molecule has 1 aromatic rings. The number of aromatic nitrogens is 1. The SMILES string of the molecule is Cc1ncccc1CCNC(=O)[C@@]12CCCC[C@@H]1NCC2. The summed E-state index contributed by atoms with van der Waals surface area (Å²) in [5.74, 6) is 0.263. The summed E-state index contributed by atoms with van der Waals surface area (Å²) >= 11 is 0. The van der Waals surface area contributed by atoms with E-state index in [0.29, 0.717) is 12.6 Å². The van der Waals surface area contributed by atoms with Gasteiger partial charge >= 0.3 is 0 Å². The lowest BCUT2D eigenvalue weighted by atomic mass is 9.70. The first-order valence-electron chi connectivity index (χ1n) is 8.14. The molecule has 1 aliphatic heterocycles. The van der Waals surface area contributed by atoms with Crippen LogP contribution in [0.1, 0.15) is 43.4 Å². The van der Waals surface area contributed by atoms with E-state index in [9.17, 15) is 4.79 Å². The Hall–Kier alpha value is -1.42. The van der Waals surface area contributed by atoms with Crippen LogP contribution in [0.25, 0.3) is 0 Å². The second-order valence-corrected chi connectivity index (χ2v) is 6.41. The molecule has 0 aromatic carbocycles. The summed E-state index contributed by atoms with van der Waals surface area (Å²) in [6.45, 7) is 3.72. The van der Waals surface area contributed by atoms with Crippen LogP contribution in [0, 0.1) is 12.3 Å². The normalized spacial score (nSPS) is 28.1.